The van der Waals surface area contributed by atoms with Gasteiger partial charge in [-0.3, -0.25) is 10.1 Å². The third-order valence-electron chi connectivity index (χ3n) is 3.43. The van der Waals surface area contributed by atoms with Crippen LogP contribution in [0.1, 0.15) is 5.56 Å². The van der Waals surface area contributed by atoms with E-state index in [-0.39, 0.29) is 5.69 Å². The average Bonchev–Trinajstić information content (AvgIpc) is 2.82. The number of fused-ring (bicyclic) bond motifs is 1. The fraction of sp³-hybridized carbons (Fsp3) is 0.133. The van der Waals surface area contributed by atoms with Gasteiger partial charge >= 0.3 is 0 Å². The van der Waals surface area contributed by atoms with E-state index in [9.17, 15) is 10.1 Å². The monoisotopic (exact) mass is 282 g/mol. The fourth-order valence-electron chi connectivity index (χ4n) is 2.27. The first kappa shape index (κ1) is 13.1. The highest BCUT2D eigenvalue weighted by Gasteiger charge is 2.10. The summed E-state index contributed by atoms with van der Waals surface area (Å²) in [5.74, 6) is 0.620. The molecule has 1 aromatic carbocycles. The number of nitrogens with one attached hydrogen (secondary N) is 1. The molecule has 1 N–H and O–H groups in total. The number of hydrogen-bond acceptors (Lipinski definition) is 4. The first-order chi connectivity index (χ1) is 10.0. The minimum atomic E-state index is -0.445. The molecule has 2 aromatic heterocycles. The highest BCUT2D eigenvalue weighted by molar-refractivity contribution is 5.84. The van der Waals surface area contributed by atoms with Crippen LogP contribution in [0.5, 0.6) is 0 Å². The summed E-state index contributed by atoms with van der Waals surface area (Å²) in [6.45, 7) is 1.80. The van der Waals surface area contributed by atoms with Gasteiger partial charge in [-0.2, -0.15) is 0 Å². The van der Waals surface area contributed by atoms with E-state index in [1.54, 1.807) is 6.92 Å². The molecule has 0 spiro atoms. The summed E-state index contributed by atoms with van der Waals surface area (Å²) >= 11 is 0. The maximum atomic E-state index is 10.7. The van der Waals surface area contributed by atoms with E-state index in [4.69, 9.17) is 0 Å². The second kappa shape index (κ2) is 4.90. The second-order valence-corrected chi connectivity index (χ2v) is 4.94. The minimum Gasteiger partial charge on any atom is -0.350 e. The molecular weight excluding hydrogens is 268 g/mol. The largest absolute Gasteiger partial charge is 0.350 e. The Morgan fingerprint density at radius 3 is 2.81 bits per heavy atom. The molecule has 0 bridgehead atoms. The van der Waals surface area contributed by atoms with E-state index < -0.39 is 4.92 Å². The predicted molar refractivity (Wildman–Crippen MR) is 81.8 cm³/mol. The van der Waals surface area contributed by atoms with Crippen molar-refractivity contribution in [2.75, 3.05) is 5.32 Å². The molecular formula is C15H14N4O2. The SMILES string of the molecule is Cc1cc([N+](=O)[O-])cnc1Nc1ccc2ccn(C)c2c1. The molecule has 0 amide bonds. The lowest BCUT2D eigenvalue weighted by Crippen LogP contribution is -1.98. The molecule has 0 aliphatic heterocycles. The molecule has 3 aromatic rings. The van der Waals surface area contributed by atoms with Gasteiger partial charge in [-0.1, -0.05) is 6.07 Å². The topological polar surface area (TPSA) is 73.0 Å². The van der Waals surface area contributed by atoms with Crippen LogP contribution in [-0.2, 0) is 7.05 Å². The first-order valence-corrected chi connectivity index (χ1v) is 6.48. The summed E-state index contributed by atoms with van der Waals surface area (Å²) in [4.78, 5) is 14.4. The Hall–Kier alpha value is -2.89. The molecule has 0 saturated carbocycles. The van der Waals surface area contributed by atoms with Crippen molar-refractivity contribution in [3.8, 4) is 0 Å². The van der Waals surface area contributed by atoms with Gasteiger partial charge in [0.05, 0.1) is 4.92 Å². The number of pyridine rings is 1. The lowest BCUT2D eigenvalue weighted by Gasteiger charge is -2.09. The average molecular weight is 282 g/mol. The van der Waals surface area contributed by atoms with E-state index in [0.717, 1.165) is 22.2 Å². The van der Waals surface area contributed by atoms with E-state index in [0.29, 0.717) is 5.82 Å². The van der Waals surface area contributed by atoms with Crippen molar-refractivity contribution >= 4 is 28.1 Å². The fourth-order valence-corrected chi connectivity index (χ4v) is 2.27. The number of benzene rings is 1. The van der Waals surface area contributed by atoms with E-state index in [1.807, 2.05) is 36.0 Å². The summed E-state index contributed by atoms with van der Waals surface area (Å²) < 4.78 is 2.04. The van der Waals surface area contributed by atoms with Crippen molar-refractivity contribution in [3.63, 3.8) is 0 Å². The van der Waals surface area contributed by atoms with Gasteiger partial charge in [-0.05, 0) is 36.1 Å². The van der Waals surface area contributed by atoms with Gasteiger partial charge in [0.2, 0.25) is 0 Å². The molecule has 0 saturated heterocycles. The van der Waals surface area contributed by atoms with Crippen LogP contribution in [0.15, 0.2) is 42.7 Å². The standard InChI is InChI=1S/C15H14N4O2/c1-10-7-13(19(20)21)9-16-15(10)17-12-4-3-11-5-6-18(2)14(11)8-12/h3-9H,1-2H3,(H,16,17). The molecule has 6 heteroatoms. The van der Waals surface area contributed by atoms with E-state index in [1.165, 1.54) is 12.3 Å². The Bertz CT molecular complexity index is 839. The van der Waals surface area contributed by atoms with Gasteiger partial charge in [0.15, 0.2) is 0 Å². The van der Waals surface area contributed by atoms with Crippen molar-refractivity contribution in [2.45, 2.75) is 6.92 Å². The lowest BCUT2D eigenvalue weighted by atomic mass is 10.2. The Kier molecular flexibility index (Phi) is 3.06. The Morgan fingerprint density at radius 2 is 2.10 bits per heavy atom. The van der Waals surface area contributed by atoms with Crippen LogP contribution in [-0.4, -0.2) is 14.5 Å². The summed E-state index contributed by atoms with van der Waals surface area (Å²) in [5, 5.41) is 15.1. The highest BCUT2D eigenvalue weighted by Crippen LogP contribution is 2.25. The van der Waals surface area contributed by atoms with E-state index in [2.05, 4.69) is 16.4 Å². The summed E-state index contributed by atoms with van der Waals surface area (Å²) in [7, 11) is 1.99. The quantitative estimate of drug-likeness (QED) is 0.589. The Morgan fingerprint density at radius 1 is 1.29 bits per heavy atom. The van der Waals surface area contributed by atoms with Crippen LogP contribution >= 0.6 is 0 Å². The maximum absolute atomic E-state index is 10.7. The van der Waals surface area contributed by atoms with Crippen molar-refractivity contribution in [1.82, 2.24) is 9.55 Å². The second-order valence-electron chi connectivity index (χ2n) is 4.94. The van der Waals surface area contributed by atoms with Gasteiger partial charge < -0.3 is 9.88 Å². The van der Waals surface area contributed by atoms with Gasteiger partial charge in [-0.25, -0.2) is 4.98 Å². The molecule has 0 fully saturated rings. The number of aryl methyl sites for hydroxylation is 2. The third kappa shape index (κ3) is 2.43. The number of anilines is 2. The van der Waals surface area contributed by atoms with Crippen LogP contribution in [0, 0.1) is 17.0 Å². The zero-order valence-corrected chi connectivity index (χ0v) is 11.7. The van der Waals surface area contributed by atoms with Crippen LogP contribution in [0.25, 0.3) is 10.9 Å². The predicted octanol–water partition coefficient (Wildman–Crippen LogP) is 3.53. The number of hydrogen-bond donors (Lipinski definition) is 1. The van der Waals surface area contributed by atoms with Gasteiger partial charge in [-0.15, -0.1) is 0 Å². The van der Waals surface area contributed by atoms with Gasteiger partial charge in [0, 0.05) is 30.5 Å². The summed E-state index contributed by atoms with van der Waals surface area (Å²) in [5.41, 5.74) is 2.74. The van der Waals surface area contributed by atoms with Crippen LogP contribution in [0.3, 0.4) is 0 Å². The summed E-state index contributed by atoms with van der Waals surface area (Å²) in [6.07, 6.45) is 3.26. The van der Waals surface area contributed by atoms with Crippen molar-refractivity contribution in [2.24, 2.45) is 7.05 Å². The smallest absolute Gasteiger partial charge is 0.287 e. The van der Waals surface area contributed by atoms with Gasteiger partial charge in [0.1, 0.15) is 12.0 Å². The number of nitro groups is 1. The zero-order valence-electron chi connectivity index (χ0n) is 11.7. The molecule has 0 aliphatic carbocycles. The summed E-state index contributed by atoms with van der Waals surface area (Å²) in [6, 6.07) is 9.58. The van der Waals surface area contributed by atoms with Crippen molar-refractivity contribution < 1.29 is 4.92 Å². The van der Waals surface area contributed by atoms with Crippen molar-refractivity contribution in [3.05, 3.63) is 58.4 Å². The molecule has 2 heterocycles. The lowest BCUT2D eigenvalue weighted by molar-refractivity contribution is -0.385. The van der Waals surface area contributed by atoms with Gasteiger partial charge in [0.25, 0.3) is 5.69 Å². The number of rotatable bonds is 3. The number of aromatic nitrogens is 2. The molecule has 3 rings (SSSR count). The number of nitrogens with zero attached hydrogens (tertiary/aromatic N) is 3. The van der Waals surface area contributed by atoms with Crippen molar-refractivity contribution in [1.29, 1.82) is 0 Å². The normalized spacial score (nSPS) is 10.8. The van der Waals surface area contributed by atoms with E-state index >= 15 is 0 Å². The molecule has 0 aliphatic rings. The zero-order chi connectivity index (χ0) is 15.0. The maximum Gasteiger partial charge on any atom is 0.287 e. The Labute approximate surface area is 121 Å². The first-order valence-electron chi connectivity index (χ1n) is 6.48. The highest BCUT2D eigenvalue weighted by atomic mass is 16.6. The molecule has 0 unspecified atom stereocenters. The molecule has 21 heavy (non-hydrogen) atoms. The van der Waals surface area contributed by atoms with Crippen LogP contribution in [0.2, 0.25) is 0 Å². The minimum absolute atomic E-state index is 0.00376. The van der Waals surface area contributed by atoms with Crippen LogP contribution in [0.4, 0.5) is 17.2 Å². The third-order valence-corrected chi connectivity index (χ3v) is 3.43. The molecule has 106 valence electrons. The molecule has 0 radical (unpaired) electrons. The van der Waals surface area contributed by atoms with Crippen LogP contribution < -0.4 is 5.32 Å². The molecule has 0 atom stereocenters. The molecule has 6 nitrogen and oxygen atoms in total. The Balaban J connectivity index is 1.94.